The maximum Gasteiger partial charge on any atom is 0.311 e. The number of amides is 1. The lowest BCUT2D eigenvalue weighted by molar-refractivity contribution is -0.385. The molecule has 20 heavy (non-hydrogen) atoms. The number of hydrogen-bond acceptors (Lipinski definition) is 5. The molecule has 1 rings (SSSR count). The zero-order valence-electron chi connectivity index (χ0n) is 10.7. The number of hydrogen-bond donors (Lipinski definition) is 3. The van der Waals surface area contributed by atoms with Crippen molar-refractivity contribution in [2.75, 3.05) is 6.61 Å². The summed E-state index contributed by atoms with van der Waals surface area (Å²) in [5, 5.41) is 10.9. The van der Waals surface area contributed by atoms with Crippen molar-refractivity contribution >= 4 is 28.9 Å². The van der Waals surface area contributed by atoms with Gasteiger partial charge < -0.3 is 10.5 Å². The Morgan fingerprint density at radius 3 is 2.75 bits per heavy atom. The third-order valence-electron chi connectivity index (χ3n) is 2.21. The van der Waals surface area contributed by atoms with Crippen LogP contribution in [-0.2, 0) is 11.2 Å². The Morgan fingerprint density at radius 1 is 1.50 bits per heavy atom. The Labute approximate surface area is 120 Å². The minimum atomic E-state index is -0.556. The molecule has 1 aromatic carbocycles. The summed E-state index contributed by atoms with van der Waals surface area (Å²) in [4.78, 5) is 21.9. The highest BCUT2D eigenvalue weighted by Gasteiger charge is 2.16. The quantitative estimate of drug-likeness (QED) is 0.409. The second kappa shape index (κ2) is 7.24. The van der Waals surface area contributed by atoms with Crippen LogP contribution in [0.1, 0.15) is 12.5 Å². The van der Waals surface area contributed by atoms with Crippen molar-refractivity contribution in [3.8, 4) is 5.75 Å². The third-order valence-corrected chi connectivity index (χ3v) is 2.31. The number of nitrogens with zero attached hydrogens (tertiary/aromatic N) is 1. The van der Waals surface area contributed by atoms with Crippen LogP contribution in [0, 0.1) is 10.1 Å². The topological polar surface area (TPSA) is 120 Å². The first-order valence-corrected chi connectivity index (χ1v) is 6.09. The lowest BCUT2D eigenvalue weighted by Crippen LogP contribution is -2.44. The molecule has 0 saturated heterocycles. The van der Waals surface area contributed by atoms with Crippen LogP contribution in [0.3, 0.4) is 0 Å². The normalized spacial score (nSPS) is 9.65. The van der Waals surface area contributed by atoms with Crippen LogP contribution in [0.25, 0.3) is 0 Å². The van der Waals surface area contributed by atoms with Gasteiger partial charge in [-0.15, -0.1) is 0 Å². The van der Waals surface area contributed by atoms with Crippen molar-refractivity contribution in [1.82, 2.24) is 10.9 Å². The molecule has 0 saturated carbocycles. The van der Waals surface area contributed by atoms with E-state index in [4.69, 9.17) is 10.5 Å². The fraction of sp³-hybridized carbons (Fsp3) is 0.273. The summed E-state index contributed by atoms with van der Waals surface area (Å²) in [5.41, 5.74) is 9.99. The van der Waals surface area contributed by atoms with Gasteiger partial charge in [0.15, 0.2) is 10.9 Å². The molecule has 9 heteroatoms. The first-order valence-electron chi connectivity index (χ1n) is 5.68. The average Bonchev–Trinajstić information content (AvgIpc) is 2.38. The van der Waals surface area contributed by atoms with Crippen LogP contribution in [0.4, 0.5) is 5.69 Å². The van der Waals surface area contributed by atoms with Gasteiger partial charge >= 0.3 is 5.69 Å². The summed E-state index contributed by atoms with van der Waals surface area (Å²) in [7, 11) is 0. The average molecular weight is 298 g/mol. The number of carbonyl (C=O) groups excluding carboxylic acids is 1. The van der Waals surface area contributed by atoms with E-state index in [0.29, 0.717) is 12.2 Å². The number of nitrogens with one attached hydrogen (secondary N) is 2. The zero-order chi connectivity index (χ0) is 15.1. The number of ether oxygens (including phenoxy) is 1. The van der Waals surface area contributed by atoms with Crippen LogP contribution in [0.15, 0.2) is 18.2 Å². The Morgan fingerprint density at radius 2 is 2.20 bits per heavy atom. The van der Waals surface area contributed by atoms with Gasteiger partial charge in [-0.05, 0) is 30.8 Å². The van der Waals surface area contributed by atoms with Gasteiger partial charge in [0.05, 0.1) is 18.0 Å². The molecule has 0 radical (unpaired) electrons. The second-order valence-corrected chi connectivity index (χ2v) is 4.15. The van der Waals surface area contributed by atoms with Crippen LogP contribution in [0.5, 0.6) is 5.75 Å². The molecule has 0 spiro atoms. The van der Waals surface area contributed by atoms with Crippen LogP contribution in [0.2, 0.25) is 0 Å². The zero-order valence-corrected chi connectivity index (χ0v) is 11.5. The molecule has 0 aliphatic carbocycles. The first-order chi connectivity index (χ1) is 9.43. The van der Waals surface area contributed by atoms with E-state index < -0.39 is 10.8 Å². The Balaban J connectivity index is 2.81. The minimum Gasteiger partial charge on any atom is -0.487 e. The van der Waals surface area contributed by atoms with E-state index in [1.54, 1.807) is 13.0 Å². The smallest absolute Gasteiger partial charge is 0.311 e. The molecule has 4 N–H and O–H groups in total. The minimum absolute atomic E-state index is 0.0527. The largest absolute Gasteiger partial charge is 0.487 e. The van der Waals surface area contributed by atoms with Gasteiger partial charge in [0.25, 0.3) is 0 Å². The fourth-order valence-corrected chi connectivity index (χ4v) is 1.51. The summed E-state index contributed by atoms with van der Waals surface area (Å²) in [6, 6.07) is 4.34. The molecular weight excluding hydrogens is 284 g/mol. The summed E-state index contributed by atoms with van der Waals surface area (Å²) in [6.07, 6.45) is -0.0527. The van der Waals surface area contributed by atoms with Gasteiger partial charge in [0.1, 0.15) is 0 Å². The van der Waals surface area contributed by atoms with Crippen molar-refractivity contribution < 1.29 is 14.5 Å². The molecule has 1 aromatic rings. The van der Waals surface area contributed by atoms with E-state index in [-0.39, 0.29) is 23.0 Å². The number of carbonyl (C=O) groups is 1. The molecule has 0 atom stereocenters. The van der Waals surface area contributed by atoms with Crippen molar-refractivity contribution in [2.45, 2.75) is 13.3 Å². The third kappa shape index (κ3) is 4.69. The first kappa shape index (κ1) is 15.6. The van der Waals surface area contributed by atoms with Crippen molar-refractivity contribution in [2.24, 2.45) is 5.73 Å². The summed E-state index contributed by atoms with van der Waals surface area (Å²) < 4.78 is 5.15. The molecule has 0 fully saturated rings. The van der Waals surface area contributed by atoms with Gasteiger partial charge in [-0.3, -0.25) is 25.8 Å². The monoisotopic (exact) mass is 298 g/mol. The SMILES string of the molecule is CCOc1ccc(CC(=O)NNC(N)=S)cc1[N+](=O)[O-]. The molecule has 8 nitrogen and oxygen atoms in total. The molecule has 108 valence electrons. The van der Waals surface area contributed by atoms with Crippen molar-refractivity contribution in [3.05, 3.63) is 33.9 Å². The lowest BCUT2D eigenvalue weighted by Gasteiger charge is -2.08. The van der Waals surface area contributed by atoms with Gasteiger partial charge in [-0.1, -0.05) is 6.07 Å². The van der Waals surface area contributed by atoms with E-state index in [9.17, 15) is 14.9 Å². The standard InChI is InChI=1S/C11H14N4O4S/c1-2-19-9-4-3-7(5-8(9)15(17)18)6-10(16)13-14-11(12)20/h3-5H,2,6H2,1H3,(H,13,16)(H3,12,14,20). The fourth-order valence-electron chi connectivity index (χ4n) is 1.45. The van der Waals surface area contributed by atoms with E-state index >= 15 is 0 Å². The summed E-state index contributed by atoms with van der Waals surface area (Å²) in [6.45, 7) is 2.05. The number of thiocarbonyl (C=S) groups is 1. The summed E-state index contributed by atoms with van der Waals surface area (Å²) >= 11 is 4.53. The highest BCUT2D eigenvalue weighted by atomic mass is 32.1. The van der Waals surface area contributed by atoms with Crippen molar-refractivity contribution in [1.29, 1.82) is 0 Å². The molecular formula is C11H14N4O4S. The number of hydrazine groups is 1. The number of nitrogens with two attached hydrogens (primary N) is 1. The van der Waals surface area contributed by atoms with Crippen molar-refractivity contribution in [3.63, 3.8) is 0 Å². The Bertz CT molecular complexity index is 535. The van der Waals surface area contributed by atoms with E-state index in [1.165, 1.54) is 12.1 Å². The molecule has 0 aromatic heterocycles. The molecule has 1 amide bonds. The Kier molecular flexibility index (Phi) is 5.66. The van der Waals surface area contributed by atoms with Crippen LogP contribution >= 0.6 is 12.2 Å². The number of rotatable bonds is 5. The second-order valence-electron chi connectivity index (χ2n) is 3.71. The Hall–Kier alpha value is -2.42. The van der Waals surface area contributed by atoms with Gasteiger partial charge in [-0.2, -0.15) is 0 Å². The highest BCUT2D eigenvalue weighted by Crippen LogP contribution is 2.28. The summed E-state index contributed by atoms with van der Waals surface area (Å²) in [5.74, 6) is -0.251. The van der Waals surface area contributed by atoms with Gasteiger partial charge in [0, 0.05) is 6.07 Å². The van der Waals surface area contributed by atoms with E-state index in [2.05, 4.69) is 23.1 Å². The number of nitro benzene ring substituents is 1. The predicted molar refractivity (Wildman–Crippen MR) is 76.0 cm³/mol. The highest BCUT2D eigenvalue weighted by molar-refractivity contribution is 7.80. The molecule has 0 bridgehead atoms. The van der Waals surface area contributed by atoms with E-state index in [0.717, 1.165) is 0 Å². The molecule has 0 unspecified atom stereocenters. The molecule has 0 aliphatic heterocycles. The molecule has 0 heterocycles. The number of nitro groups is 1. The number of benzene rings is 1. The van der Waals surface area contributed by atoms with Crippen LogP contribution in [-0.4, -0.2) is 22.5 Å². The maximum atomic E-state index is 11.5. The van der Waals surface area contributed by atoms with Gasteiger partial charge in [0.2, 0.25) is 5.91 Å². The van der Waals surface area contributed by atoms with Crippen LogP contribution < -0.4 is 21.3 Å². The van der Waals surface area contributed by atoms with Gasteiger partial charge in [-0.25, -0.2) is 0 Å². The maximum absolute atomic E-state index is 11.5. The predicted octanol–water partition coefficient (Wildman–Crippen LogP) is 0.400. The van der Waals surface area contributed by atoms with E-state index in [1.807, 2.05) is 0 Å². The lowest BCUT2D eigenvalue weighted by atomic mass is 10.1. The molecule has 0 aliphatic rings.